The summed E-state index contributed by atoms with van der Waals surface area (Å²) in [6, 6.07) is 4.15. The summed E-state index contributed by atoms with van der Waals surface area (Å²) in [6.07, 6.45) is 1.13. The van der Waals surface area contributed by atoms with Gasteiger partial charge in [0.1, 0.15) is 0 Å². The van der Waals surface area contributed by atoms with Crippen molar-refractivity contribution in [3.05, 3.63) is 30.1 Å². The fraction of sp³-hybridized carbons (Fsp3) is 0.643. The van der Waals surface area contributed by atoms with Gasteiger partial charge in [-0.05, 0) is 44.2 Å². The van der Waals surface area contributed by atoms with E-state index in [1.54, 1.807) is 12.4 Å². The van der Waals surface area contributed by atoms with Crippen molar-refractivity contribution < 1.29 is 13.2 Å². The standard InChI is InChI=1S/C14H19F3N2/c1-10(11-3-2-8-18-9-11)19-13-6-4-12(5-7-13)14(15,16)17/h2-3,8-10,12-13,19H,4-7H2,1H3. The highest BCUT2D eigenvalue weighted by Gasteiger charge is 2.41. The quantitative estimate of drug-likeness (QED) is 0.904. The average Bonchev–Trinajstić information content (AvgIpc) is 2.39. The van der Waals surface area contributed by atoms with Crippen LogP contribution in [-0.2, 0) is 0 Å². The molecule has 0 spiro atoms. The molecule has 0 radical (unpaired) electrons. The predicted molar refractivity (Wildman–Crippen MR) is 67.6 cm³/mol. The van der Waals surface area contributed by atoms with Gasteiger partial charge in [0.15, 0.2) is 0 Å². The highest BCUT2D eigenvalue weighted by molar-refractivity contribution is 5.13. The van der Waals surface area contributed by atoms with Gasteiger partial charge in [0, 0.05) is 24.5 Å². The molecule has 5 heteroatoms. The number of rotatable bonds is 3. The number of hydrogen-bond acceptors (Lipinski definition) is 2. The molecule has 1 atom stereocenters. The largest absolute Gasteiger partial charge is 0.391 e. The minimum Gasteiger partial charge on any atom is -0.307 e. The Morgan fingerprint density at radius 1 is 1.26 bits per heavy atom. The number of alkyl halides is 3. The molecule has 2 rings (SSSR count). The Kier molecular flexibility index (Phi) is 4.45. The molecule has 106 valence electrons. The van der Waals surface area contributed by atoms with E-state index in [2.05, 4.69) is 10.3 Å². The predicted octanol–water partition coefficient (Wildman–Crippen LogP) is 3.85. The fourth-order valence-corrected chi connectivity index (χ4v) is 2.67. The third-order valence-corrected chi connectivity index (χ3v) is 3.86. The Labute approximate surface area is 111 Å². The molecule has 1 N–H and O–H groups in total. The molecule has 0 aromatic carbocycles. The first-order valence-electron chi connectivity index (χ1n) is 6.69. The maximum absolute atomic E-state index is 12.6. The molecule has 1 heterocycles. The van der Waals surface area contributed by atoms with Crippen molar-refractivity contribution in [1.82, 2.24) is 10.3 Å². The zero-order chi connectivity index (χ0) is 13.9. The number of pyridine rings is 1. The first-order valence-corrected chi connectivity index (χ1v) is 6.69. The molecule has 1 aliphatic carbocycles. The minimum absolute atomic E-state index is 0.126. The second-order valence-corrected chi connectivity index (χ2v) is 5.26. The number of nitrogens with one attached hydrogen (secondary N) is 1. The highest BCUT2D eigenvalue weighted by atomic mass is 19.4. The van der Waals surface area contributed by atoms with Gasteiger partial charge in [-0.2, -0.15) is 13.2 Å². The van der Waals surface area contributed by atoms with Gasteiger partial charge >= 0.3 is 6.18 Å². The number of aromatic nitrogens is 1. The average molecular weight is 272 g/mol. The van der Waals surface area contributed by atoms with Crippen molar-refractivity contribution in [3.63, 3.8) is 0 Å². The summed E-state index contributed by atoms with van der Waals surface area (Å²) in [5.41, 5.74) is 1.07. The Balaban J connectivity index is 1.83. The molecule has 0 saturated heterocycles. The van der Waals surface area contributed by atoms with Gasteiger partial charge in [-0.25, -0.2) is 0 Å². The first kappa shape index (κ1) is 14.3. The van der Waals surface area contributed by atoms with Crippen molar-refractivity contribution in [1.29, 1.82) is 0 Å². The van der Waals surface area contributed by atoms with E-state index in [0.29, 0.717) is 12.8 Å². The zero-order valence-corrected chi connectivity index (χ0v) is 11.0. The smallest absolute Gasteiger partial charge is 0.307 e. The van der Waals surface area contributed by atoms with Crippen molar-refractivity contribution in [2.24, 2.45) is 5.92 Å². The molecule has 0 bridgehead atoms. The number of nitrogens with zero attached hydrogens (tertiary/aromatic N) is 1. The van der Waals surface area contributed by atoms with Gasteiger partial charge in [-0.1, -0.05) is 6.07 Å². The van der Waals surface area contributed by atoms with E-state index in [1.165, 1.54) is 0 Å². The van der Waals surface area contributed by atoms with Crippen LogP contribution in [0.3, 0.4) is 0 Å². The van der Waals surface area contributed by atoms with Crippen LogP contribution in [-0.4, -0.2) is 17.2 Å². The van der Waals surface area contributed by atoms with Gasteiger partial charge in [-0.15, -0.1) is 0 Å². The van der Waals surface area contributed by atoms with Gasteiger partial charge in [-0.3, -0.25) is 4.98 Å². The molecule has 1 saturated carbocycles. The molecule has 1 aromatic heterocycles. The molecule has 0 amide bonds. The summed E-state index contributed by atoms with van der Waals surface area (Å²) in [4.78, 5) is 4.05. The minimum atomic E-state index is -4.03. The lowest BCUT2D eigenvalue weighted by Crippen LogP contribution is -2.38. The van der Waals surface area contributed by atoms with Crippen molar-refractivity contribution in [2.75, 3.05) is 0 Å². The summed E-state index contributed by atoms with van der Waals surface area (Å²) < 4.78 is 37.7. The van der Waals surface area contributed by atoms with Crippen LogP contribution in [0.4, 0.5) is 13.2 Å². The van der Waals surface area contributed by atoms with Crippen LogP contribution < -0.4 is 5.32 Å². The lowest BCUT2D eigenvalue weighted by atomic mass is 9.85. The normalized spacial score (nSPS) is 26.1. The topological polar surface area (TPSA) is 24.9 Å². The van der Waals surface area contributed by atoms with Crippen molar-refractivity contribution >= 4 is 0 Å². The lowest BCUT2D eigenvalue weighted by molar-refractivity contribution is -0.182. The summed E-state index contributed by atoms with van der Waals surface area (Å²) >= 11 is 0. The Morgan fingerprint density at radius 3 is 2.47 bits per heavy atom. The van der Waals surface area contributed by atoms with E-state index in [0.717, 1.165) is 5.56 Å². The SMILES string of the molecule is CC(NC1CCC(C(F)(F)F)CC1)c1cccnc1. The summed E-state index contributed by atoms with van der Waals surface area (Å²) in [6.45, 7) is 2.02. The maximum Gasteiger partial charge on any atom is 0.391 e. The monoisotopic (exact) mass is 272 g/mol. The Bertz CT molecular complexity index is 383. The molecular weight excluding hydrogens is 253 g/mol. The van der Waals surface area contributed by atoms with Gasteiger partial charge in [0.25, 0.3) is 0 Å². The highest BCUT2D eigenvalue weighted by Crippen LogP contribution is 2.37. The van der Waals surface area contributed by atoms with Crippen LogP contribution in [0.25, 0.3) is 0 Å². The zero-order valence-electron chi connectivity index (χ0n) is 11.0. The van der Waals surface area contributed by atoms with Gasteiger partial charge in [0.2, 0.25) is 0 Å². The molecule has 2 nitrogen and oxygen atoms in total. The molecule has 0 aliphatic heterocycles. The Morgan fingerprint density at radius 2 is 1.95 bits per heavy atom. The van der Waals surface area contributed by atoms with Crippen molar-refractivity contribution in [2.45, 2.75) is 50.9 Å². The van der Waals surface area contributed by atoms with E-state index in [9.17, 15) is 13.2 Å². The van der Waals surface area contributed by atoms with Crippen LogP contribution >= 0.6 is 0 Å². The van der Waals surface area contributed by atoms with Crippen LogP contribution in [0, 0.1) is 5.92 Å². The fourth-order valence-electron chi connectivity index (χ4n) is 2.67. The lowest BCUT2D eigenvalue weighted by Gasteiger charge is -2.32. The van der Waals surface area contributed by atoms with Crippen molar-refractivity contribution in [3.8, 4) is 0 Å². The van der Waals surface area contributed by atoms with Gasteiger partial charge < -0.3 is 5.32 Å². The van der Waals surface area contributed by atoms with E-state index < -0.39 is 12.1 Å². The third kappa shape index (κ3) is 3.93. The molecule has 1 unspecified atom stereocenters. The molecule has 19 heavy (non-hydrogen) atoms. The molecule has 1 aliphatic rings. The molecule has 1 fully saturated rings. The maximum atomic E-state index is 12.6. The summed E-state index contributed by atoms with van der Waals surface area (Å²) in [5, 5.41) is 3.40. The Hall–Kier alpha value is -1.10. The molecular formula is C14H19F3N2. The van der Waals surface area contributed by atoms with E-state index >= 15 is 0 Å². The first-order chi connectivity index (χ1) is 8.97. The van der Waals surface area contributed by atoms with Crippen LogP contribution in [0.15, 0.2) is 24.5 Å². The third-order valence-electron chi connectivity index (χ3n) is 3.86. The number of halogens is 3. The summed E-state index contributed by atoms with van der Waals surface area (Å²) in [7, 11) is 0. The van der Waals surface area contributed by atoms with E-state index in [-0.39, 0.29) is 24.9 Å². The number of hydrogen-bond donors (Lipinski definition) is 1. The second-order valence-electron chi connectivity index (χ2n) is 5.26. The van der Waals surface area contributed by atoms with Crippen LogP contribution in [0.1, 0.15) is 44.2 Å². The van der Waals surface area contributed by atoms with Crippen LogP contribution in [0.2, 0.25) is 0 Å². The molecule has 1 aromatic rings. The van der Waals surface area contributed by atoms with Gasteiger partial charge in [0.05, 0.1) is 5.92 Å². The van der Waals surface area contributed by atoms with Crippen LogP contribution in [0.5, 0.6) is 0 Å². The summed E-state index contributed by atoms with van der Waals surface area (Å²) in [5.74, 6) is -1.11. The second kappa shape index (κ2) is 5.90. The van der Waals surface area contributed by atoms with E-state index in [1.807, 2.05) is 19.1 Å². The van der Waals surface area contributed by atoms with E-state index in [4.69, 9.17) is 0 Å².